The first-order valence-electron chi connectivity index (χ1n) is 8.48. The zero-order valence-corrected chi connectivity index (χ0v) is 14.2. The number of ether oxygens (including phenoxy) is 1. The first-order valence-corrected chi connectivity index (χ1v) is 8.48. The number of halogens is 2. The molecule has 0 saturated carbocycles. The van der Waals surface area contributed by atoms with Crippen LogP contribution in [-0.2, 0) is 4.74 Å². The van der Waals surface area contributed by atoms with Crippen molar-refractivity contribution >= 4 is 5.91 Å². The molecular weight excluding hydrogens is 324 g/mol. The highest BCUT2D eigenvalue weighted by Gasteiger charge is 2.20. The normalized spacial score (nSPS) is 17.3. The van der Waals surface area contributed by atoms with Crippen molar-refractivity contribution in [3.05, 3.63) is 59.7 Å². The van der Waals surface area contributed by atoms with Gasteiger partial charge in [0, 0.05) is 31.3 Å². The monoisotopic (exact) mass is 345 g/mol. The summed E-state index contributed by atoms with van der Waals surface area (Å²) in [4.78, 5) is 14.2. The standard InChI is InChI=1S/C20H21F2NO2/c1-23(13-16-5-2-3-12-25-16)20(24)15-10-8-14(9-11-15)17-6-4-7-18(21)19(17)22/h4,6-11,16H,2-3,5,12-13H2,1H3/t16-/m0/s1. The minimum absolute atomic E-state index is 0.0864. The molecule has 1 aliphatic heterocycles. The molecule has 1 amide bonds. The van der Waals surface area contributed by atoms with Crippen molar-refractivity contribution in [2.45, 2.75) is 25.4 Å². The van der Waals surface area contributed by atoms with Crippen LogP contribution in [-0.4, -0.2) is 37.1 Å². The Balaban J connectivity index is 1.70. The van der Waals surface area contributed by atoms with E-state index >= 15 is 0 Å². The molecular formula is C20H21F2NO2. The molecule has 0 aliphatic carbocycles. The van der Waals surface area contributed by atoms with Crippen LogP contribution >= 0.6 is 0 Å². The number of carbonyl (C=O) groups is 1. The van der Waals surface area contributed by atoms with Gasteiger partial charge in [0.2, 0.25) is 0 Å². The minimum atomic E-state index is -0.884. The molecule has 1 atom stereocenters. The van der Waals surface area contributed by atoms with E-state index in [1.807, 2.05) is 0 Å². The van der Waals surface area contributed by atoms with Gasteiger partial charge in [0.05, 0.1) is 6.10 Å². The third-order valence-electron chi connectivity index (χ3n) is 4.49. The number of hydrogen-bond acceptors (Lipinski definition) is 2. The van der Waals surface area contributed by atoms with Crippen molar-refractivity contribution < 1.29 is 18.3 Å². The summed E-state index contributed by atoms with van der Waals surface area (Å²) < 4.78 is 32.9. The lowest BCUT2D eigenvalue weighted by Gasteiger charge is -2.27. The van der Waals surface area contributed by atoms with Crippen LogP contribution in [0.4, 0.5) is 8.78 Å². The number of hydrogen-bond donors (Lipinski definition) is 0. The Hall–Kier alpha value is -2.27. The average molecular weight is 345 g/mol. The third kappa shape index (κ3) is 4.04. The van der Waals surface area contributed by atoms with Gasteiger partial charge in [-0.1, -0.05) is 24.3 Å². The summed E-state index contributed by atoms with van der Waals surface area (Å²) in [5, 5.41) is 0. The largest absolute Gasteiger partial charge is 0.376 e. The number of nitrogens with zero attached hydrogens (tertiary/aromatic N) is 1. The van der Waals surface area contributed by atoms with Crippen molar-refractivity contribution in [3.8, 4) is 11.1 Å². The van der Waals surface area contributed by atoms with Gasteiger partial charge in [0.15, 0.2) is 11.6 Å². The lowest BCUT2D eigenvalue weighted by Crippen LogP contribution is -2.37. The maximum Gasteiger partial charge on any atom is 0.253 e. The molecule has 5 heteroatoms. The van der Waals surface area contributed by atoms with E-state index in [9.17, 15) is 13.6 Å². The summed E-state index contributed by atoms with van der Waals surface area (Å²) >= 11 is 0. The quantitative estimate of drug-likeness (QED) is 0.828. The van der Waals surface area contributed by atoms with E-state index in [4.69, 9.17) is 4.74 Å². The average Bonchev–Trinajstić information content (AvgIpc) is 2.64. The molecule has 1 saturated heterocycles. The highest BCUT2D eigenvalue weighted by atomic mass is 19.2. The molecule has 1 heterocycles. The van der Waals surface area contributed by atoms with Gasteiger partial charge in [-0.3, -0.25) is 4.79 Å². The number of carbonyl (C=O) groups excluding carboxylic acids is 1. The first kappa shape index (κ1) is 17.5. The van der Waals surface area contributed by atoms with Gasteiger partial charge in [-0.2, -0.15) is 0 Å². The van der Waals surface area contributed by atoms with Crippen molar-refractivity contribution in [1.82, 2.24) is 4.90 Å². The number of benzene rings is 2. The van der Waals surface area contributed by atoms with E-state index in [-0.39, 0.29) is 17.6 Å². The molecule has 25 heavy (non-hydrogen) atoms. The SMILES string of the molecule is CN(C[C@@H]1CCCCO1)C(=O)c1ccc(-c2cccc(F)c2F)cc1. The topological polar surface area (TPSA) is 29.5 Å². The molecule has 132 valence electrons. The second-order valence-corrected chi connectivity index (χ2v) is 6.35. The highest BCUT2D eigenvalue weighted by Crippen LogP contribution is 2.25. The smallest absolute Gasteiger partial charge is 0.253 e. The first-order chi connectivity index (χ1) is 12.1. The third-order valence-corrected chi connectivity index (χ3v) is 4.49. The molecule has 0 radical (unpaired) electrons. The zero-order chi connectivity index (χ0) is 17.8. The van der Waals surface area contributed by atoms with E-state index in [0.717, 1.165) is 31.9 Å². The summed E-state index contributed by atoms with van der Waals surface area (Å²) in [6.07, 6.45) is 3.26. The van der Waals surface area contributed by atoms with Crippen molar-refractivity contribution in [3.63, 3.8) is 0 Å². The molecule has 1 fully saturated rings. The maximum atomic E-state index is 13.9. The molecule has 0 N–H and O–H groups in total. The van der Waals surface area contributed by atoms with Crippen LogP contribution in [0.2, 0.25) is 0 Å². The summed E-state index contributed by atoms with van der Waals surface area (Å²) in [6.45, 7) is 1.31. The van der Waals surface area contributed by atoms with Gasteiger partial charge in [0.1, 0.15) is 0 Å². The predicted molar refractivity (Wildman–Crippen MR) is 92.3 cm³/mol. The van der Waals surface area contributed by atoms with Crippen molar-refractivity contribution in [2.75, 3.05) is 20.2 Å². The summed E-state index contributed by atoms with van der Waals surface area (Å²) in [7, 11) is 1.75. The van der Waals surface area contributed by atoms with Crippen LogP contribution in [0.3, 0.4) is 0 Å². The van der Waals surface area contributed by atoms with Gasteiger partial charge in [0.25, 0.3) is 5.91 Å². The van der Waals surface area contributed by atoms with Crippen LogP contribution in [0, 0.1) is 11.6 Å². The Morgan fingerprint density at radius 2 is 1.92 bits per heavy atom. The van der Waals surface area contributed by atoms with E-state index in [2.05, 4.69) is 0 Å². The Kier molecular flexibility index (Phi) is 5.43. The van der Waals surface area contributed by atoms with Gasteiger partial charge < -0.3 is 9.64 Å². The van der Waals surface area contributed by atoms with E-state index in [1.165, 1.54) is 12.1 Å². The van der Waals surface area contributed by atoms with Crippen LogP contribution in [0.15, 0.2) is 42.5 Å². The Morgan fingerprint density at radius 3 is 2.60 bits per heavy atom. The van der Waals surface area contributed by atoms with Crippen molar-refractivity contribution in [2.24, 2.45) is 0 Å². The Morgan fingerprint density at radius 1 is 1.16 bits per heavy atom. The van der Waals surface area contributed by atoms with Gasteiger partial charge in [-0.15, -0.1) is 0 Å². The molecule has 0 aromatic heterocycles. The highest BCUT2D eigenvalue weighted by molar-refractivity contribution is 5.94. The van der Waals surface area contributed by atoms with E-state index in [1.54, 1.807) is 36.2 Å². The second kappa shape index (κ2) is 7.74. The van der Waals surface area contributed by atoms with Gasteiger partial charge >= 0.3 is 0 Å². The molecule has 3 rings (SSSR count). The number of likely N-dealkylation sites (N-methyl/N-ethyl adjacent to an activating group) is 1. The Labute approximate surface area is 146 Å². The molecule has 0 bridgehead atoms. The van der Waals surface area contributed by atoms with Crippen molar-refractivity contribution in [1.29, 1.82) is 0 Å². The number of rotatable bonds is 4. The molecule has 2 aromatic carbocycles. The molecule has 1 aliphatic rings. The Bertz CT molecular complexity index is 740. The van der Waals surface area contributed by atoms with Gasteiger partial charge in [-0.05, 0) is 43.0 Å². The molecule has 2 aromatic rings. The fraction of sp³-hybridized carbons (Fsp3) is 0.350. The van der Waals surface area contributed by atoms with Crippen LogP contribution < -0.4 is 0 Å². The summed E-state index contributed by atoms with van der Waals surface area (Å²) in [5.41, 5.74) is 1.23. The molecule has 0 unspecified atom stereocenters. The summed E-state index contributed by atoms with van der Waals surface area (Å²) in [6, 6.07) is 10.6. The van der Waals surface area contributed by atoms with Crippen LogP contribution in [0.25, 0.3) is 11.1 Å². The molecule has 3 nitrogen and oxygen atoms in total. The summed E-state index contributed by atoms with van der Waals surface area (Å²) in [5.74, 6) is -1.88. The van der Waals surface area contributed by atoms with Crippen LogP contribution in [0.1, 0.15) is 29.6 Å². The van der Waals surface area contributed by atoms with E-state index < -0.39 is 11.6 Å². The fourth-order valence-corrected chi connectivity index (χ4v) is 3.08. The maximum absolute atomic E-state index is 13.9. The van der Waals surface area contributed by atoms with Gasteiger partial charge in [-0.25, -0.2) is 8.78 Å². The minimum Gasteiger partial charge on any atom is -0.376 e. The lowest BCUT2D eigenvalue weighted by molar-refractivity contribution is -0.000186. The predicted octanol–water partition coefficient (Wildman–Crippen LogP) is 4.27. The zero-order valence-electron chi connectivity index (χ0n) is 14.2. The second-order valence-electron chi connectivity index (χ2n) is 6.35. The van der Waals surface area contributed by atoms with E-state index in [0.29, 0.717) is 17.7 Å². The molecule has 0 spiro atoms. The number of amides is 1. The van der Waals surface area contributed by atoms with Crippen LogP contribution in [0.5, 0.6) is 0 Å². The lowest BCUT2D eigenvalue weighted by atomic mass is 10.0. The fourth-order valence-electron chi connectivity index (χ4n) is 3.08.